The lowest BCUT2D eigenvalue weighted by atomic mass is 9.84. The monoisotopic (exact) mass is 449 g/mol. The maximum atomic E-state index is 13.3. The van der Waals surface area contributed by atoms with Crippen LogP contribution in [-0.4, -0.2) is 54.9 Å². The molecule has 3 unspecified atom stereocenters. The predicted molar refractivity (Wildman–Crippen MR) is 125 cm³/mol. The maximum absolute atomic E-state index is 13.3. The molecular formula is C26H31N3O4. The molecule has 1 heterocycles. The number of ether oxygens (including phenoxy) is 1. The molecule has 1 saturated heterocycles. The third kappa shape index (κ3) is 5.18. The first-order valence-electron chi connectivity index (χ1n) is 11.7. The summed E-state index contributed by atoms with van der Waals surface area (Å²) < 4.78 is 5.10. The number of nitrogens with zero attached hydrogens (tertiary/aromatic N) is 1. The molecule has 1 saturated carbocycles. The Balaban J connectivity index is 1.34. The zero-order valence-corrected chi connectivity index (χ0v) is 19.0. The van der Waals surface area contributed by atoms with Gasteiger partial charge in [-0.2, -0.15) is 0 Å². The molecule has 0 spiro atoms. The first-order valence-corrected chi connectivity index (χ1v) is 11.7. The van der Waals surface area contributed by atoms with E-state index in [0.717, 1.165) is 25.7 Å². The number of hydrogen-bond donors (Lipinski definition) is 2. The minimum absolute atomic E-state index is 0.0713. The van der Waals surface area contributed by atoms with Gasteiger partial charge in [-0.15, -0.1) is 0 Å². The molecule has 4 rings (SSSR count). The first-order chi connectivity index (χ1) is 16.1. The summed E-state index contributed by atoms with van der Waals surface area (Å²) in [6.07, 6.45) is 4.95. The van der Waals surface area contributed by atoms with E-state index in [1.165, 1.54) is 0 Å². The Morgan fingerprint density at radius 2 is 1.61 bits per heavy atom. The zero-order chi connectivity index (χ0) is 23.2. The van der Waals surface area contributed by atoms with Gasteiger partial charge >= 0.3 is 0 Å². The van der Waals surface area contributed by atoms with Gasteiger partial charge in [0.25, 0.3) is 11.8 Å². The topological polar surface area (TPSA) is 87.7 Å². The van der Waals surface area contributed by atoms with E-state index in [4.69, 9.17) is 4.74 Å². The van der Waals surface area contributed by atoms with Gasteiger partial charge in [0.1, 0.15) is 11.8 Å². The van der Waals surface area contributed by atoms with Crippen molar-refractivity contribution in [2.45, 2.75) is 44.2 Å². The maximum Gasteiger partial charge on any atom is 0.254 e. The molecule has 2 N–H and O–H groups in total. The molecule has 2 aliphatic rings. The highest BCUT2D eigenvalue weighted by atomic mass is 16.5. The Morgan fingerprint density at radius 3 is 2.33 bits per heavy atom. The van der Waals surface area contributed by atoms with E-state index in [-0.39, 0.29) is 23.8 Å². The highest BCUT2D eigenvalue weighted by Gasteiger charge is 2.47. The third-order valence-corrected chi connectivity index (χ3v) is 6.71. The highest BCUT2D eigenvalue weighted by Crippen LogP contribution is 2.40. The average Bonchev–Trinajstić information content (AvgIpc) is 3.26. The highest BCUT2D eigenvalue weighted by molar-refractivity contribution is 5.98. The lowest BCUT2D eigenvalue weighted by molar-refractivity contribution is -0.125. The van der Waals surface area contributed by atoms with Gasteiger partial charge in [-0.3, -0.25) is 14.4 Å². The molecule has 3 atom stereocenters. The average molecular weight is 450 g/mol. The van der Waals surface area contributed by atoms with Gasteiger partial charge in [0.05, 0.1) is 7.11 Å². The van der Waals surface area contributed by atoms with Crippen molar-refractivity contribution in [3.05, 3.63) is 65.7 Å². The second-order valence-corrected chi connectivity index (χ2v) is 8.72. The van der Waals surface area contributed by atoms with Crippen LogP contribution in [0.4, 0.5) is 0 Å². The summed E-state index contributed by atoms with van der Waals surface area (Å²) in [5.74, 6) is 0.632. The summed E-state index contributed by atoms with van der Waals surface area (Å²) in [5, 5.41) is 5.75. The molecule has 3 amide bonds. The fourth-order valence-electron chi connectivity index (χ4n) is 5.04. The Kier molecular flexibility index (Phi) is 7.27. The fourth-order valence-corrected chi connectivity index (χ4v) is 5.04. The van der Waals surface area contributed by atoms with Crippen LogP contribution in [0.25, 0.3) is 0 Å². The molecule has 7 nitrogen and oxygen atoms in total. The Labute approximate surface area is 194 Å². The zero-order valence-electron chi connectivity index (χ0n) is 19.0. The number of benzene rings is 2. The van der Waals surface area contributed by atoms with E-state index >= 15 is 0 Å². The quantitative estimate of drug-likeness (QED) is 0.636. The Bertz CT molecular complexity index is 977. The lowest BCUT2D eigenvalue weighted by Gasteiger charge is -2.33. The molecule has 1 aliphatic heterocycles. The first kappa shape index (κ1) is 22.8. The van der Waals surface area contributed by atoms with E-state index in [1.807, 2.05) is 35.2 Å². The summed E-state index contributed by atoms with van der Waals surface area (Å²) in [7, 11) is 1.57. The summed E-state index contributed by atoms with van der Waals surface area (Å²) in [4.78, 5) is 40.5. The van der Waals surface area contributed by atoms with Gasteiger partial charge in [-0.25, -0.2) is 0 Å². The van der Waals surface area contributed by atoms with Crippen LogP contribution in [0, 0.1) is 5.92 Å². The van der Waals surface area contributed by atoms with Crippen LogP contribution in [0.15, 0.2) is 54.6 Å². The van der Waals surface area contributed by atoms with Crippen molar-refractivity contribution in [3.8, 4) is 5.75 Å². The minimum atomic E-state index is -0.469. The number of hydrogen-bond acceptors (Lipinski definition) is 4. The van der Waals surface area contributed by atoms with Crippen molar-refractivity contribution in [2.75, 3.05) is 20.2 Å². The summed E-state index contributed by atoms with van der Waals surface area (Å²) in [5.41, 5.74) is 1.15. The number of carbonyl (C=O) groups excluding carboxylic acids is 3. The summed E-state index contributed by atoms with van der Waals surface area (Å²) in [6.45, 7) is 0.614. The van der Waals surface area contributed by atoms with Gasteiger partial charge in [-0.05, 0) is 61.6 Å². The van der Waals surface area contributed by atoms with Crippen LogP contribution in [0.5, 0.6) is 5.75 Å². The van der Waals surface area contributed by atoms with Crippen LogP contribution in [0.1, 0.15) is 52.8 Å². The molecule has 2 fully saturated rings. The van der Waals surface area contributed by atoms with Crippen LogP contribution >= 0.6 is 0 Å². The minimum Gasteiger partial charge on any atom is -0.497 e. The van der Waals surface area contributed by atoms with Crippen molar-refractivity contribution < 1.29 is 19.1 Å². The van der Waals surface area contributed by atoms with Crippen molar-refractivity contribution in [1.29, 1.82) is 0 Å². The molecule has 7 heteroatoms. The van der Waals surface area contributed by atoms with E-state index in [2.05, 4.69) is 10.6 Å². The van der Waals surface area contributed by atoms with Crippen molar-refractivity contribution >= 4 is 17.7 Å². The van der Waals surface area contributed by atoms with Crippen LogP contribution in [0.2, 0.25) is 0 Å². The number of carbonyl (C=O) groups is 3. The van der Waals surface area contributed by atoms with E-state index in [0.29, 0.717) is 42.3 Å². The van der Waals surface area contributed by atoms with Crippen LogP contribution in [0.3, 0.4) is 0 Å². The third-order valence-electron chi connectivity index (χ3n) is 6.71. The van der Waals surface area contributed by atoms with Crippen molar-refractivity contribution in [1.82, 2.24) is 15.5 Å². The second-order valence-electron chi connectivity index (χ2n) is 8.72. The van der Waals surface area contributed by atoms with E-state index in [9.17, 15) is 14.4 Å². The van der Waals surface area contributed by atoms with Crippen molar-refractivity contribution in [3.63, 3.8) is 0 Å². The summed E-state index contributed by atoms with van der Waals surface area (Å²) >= 11 is 0. The molecule has 0 aromatic heterocycles. The van der Waals surface area contributed by atoms with Gasteiger partial charge in [0, 0.05) is 30.3 Å². The molecule has 0 radical (unpaired) electrons. The van der Waals surface area contributed by atoms with Gasteiger partial charge < -0.3 is 20.3 Å². The molecular weight excluding hydrogens is 418 g/mol. The van der Waals surface area contributed by atoms with E-state index < -0.39 is 6.04 Å². The molecule has 2 aromatic carbocycles. The fraction of sp³-hybridized carbons (Fsp3) is 0.423. The number of rotatable bonds is 7. The number of nitrogens with one attached hydrogen (secondary N) is 2. The number of amides is 3. The van der Waals surface area contributed by atoms with Gasteiger partial charge in [0.15, 0.2) is 0 Å². The number of methoxy groups -OCH3 is 1. The Hall–Kier alpha value is -3.35. The standard InChI is InChI=1S/C26H31N3O4/c1-33-21-13-11-18(12-14-21)24(30)27-15-16-28-25(31)23-17-20-9-5-6-10-22(20)29(23)26(32)19-7-3-2-4-8-19/h2-4,7-8,11-14,20,22-23H,5-6,9-10,15-17H2,1H3,(H,27,30)(H,28,31). The number of likely N-dealkylation sites (tertiary alicyclic amines) is 1. The van der Waals surface area contributed by atoms with Gasteiger partial charge in [0.2, 0.25) is 5.91 Å². The normalized spacial score (nSPS) is 21.7. The molecule has 33 heavy (non-hydrogen) atoms. The van der Waals surface area contributed by atoms with Gasteiger partial charge in [-0.1, -0.05) is 31.0 Å². The van der Waals surface area contributed by atoms with Crippen LogP contribution in [-0.2, 0) is 4.79 Å². The largest absolute Gasteiger partial charge is 0.497 e. The van der Waals surface area contributed by atoms with E-state index in [1.54, 1.807) is 31.4 Å². The molecule has 1 aliphatic carbocycles. The smallest absolute Gasteiger partial charge is 0.254 e. The SMILES string of the molecule is COc1ccc(C(=O)NCCNC(=O)C2CC3CCCCC3N2C(=O)c2ccccc2)cc1. The van der Waals surface area contributed by atoms with Crippen molar-refractivity contribution in [2.24, 2.45) is 5.92 Å². The lowest BCUT2D eigenvalue weighted by Crippen LogP contribution is -2.50. The summed E-state index contributed by atoms with van der Waals surface area (Å²) in [6, 6.07) is 15.7. The number of fused-ring (bicyclic) bond motifs is 1. The predicted octanol–water partition coefficient (Wildman–Crippen LogP) is 3.01. The molecule has 2 aromatic rings. The van der Waals surface area contributed by atoms with Crippen LogP contribution < -0.4 is 15.4 Å². The Morgan fingerprint density at radius 1 is 0.909 bits per heavy atom. The molecule has 0 bridgehead atoms. The second kappa shape index (κ2) is 10.5. The molecule has 174 valence electrons.